The van der Waals surface area contributed by atoms with Crippen molar-refractivity contribution >= 4 is 11.9 Å². The number of ether oxygens (including phenoxy) is 3. The lowest BCUT2D eigenvalue weighted by atomic mass is 9.43. The third-order valence-corrected chi connectivity index (χ3v) is 8.19. The fraction of sp³-hybridized carbons (Fsp3) is 0.833. The van der Waals surface area contributed by atoms with Gasteiger partial charge in [-0.25, -0.2) is 0 Å². The van der Waals surface area contributed by atoms with Crippen LogP contribution in [0, 0.1) is 22.7 Å². The molecule has 1 heterocycles. The van der Waals surface area contributed by atoms with E-state index in [1.807, 2.05) is 6.08 Å². The van der Waals surface area contributed by atoms with Crippen LogP contribution >= 0.6 is 0 Å². The van der Waals surface area contributed by atoms with E-state index in [9.17, 15) is 9.59 Å². The number of hydrogen-bond donors (Lipinski definition) is 0. The zero-order valence-electron chi connectivity index (χ0n) is 19.0. The molecule has 0 aromatic carbocycles. The van der Waals surface area contributed by atoms with E-state index in [1.54, 1.807) is 0 Å². The third kappa shape index (κ3) is 3.87. The largest absolute Gasteiger partial charge is 0.465 e. The number of hydrogen-bond acceptors (Lipinski definition) is 5. The van der Waals surface area contributed by atoms with Crippen molar-refractivity contribution in [2.75, 3.05) is 6.61 Å². The van der Waals surface area contributed by atoms with Gasteiger partial charge < -0.3 is 14.2 Å². The monoisotopic (exact) mass is 406 g/mol. The fourth-order valence-corrected chi connectivity index (χ4v) is 7.26. The van der Waals surface area contributed by atoms with Crippen LogP contribution in [0.5, 0.6) is 0 Å². The summed E-state index contributed by atoms with van der Waals surface area (Å²) in [6.45, 7) is 16.1. The molecule has 0 bridgehead atoms. The Bertz CT molecular complexity index is 689. The van der Waals surface area contributed by atoms with Crippen molar-refractivity contribution in [3.63, 3.8) is 0 Å². The van der Waals surface area contributed by atoms with E-state index in [0.717, 1.165) is 32.1 Å². The zero-order valence-corrected chi connectivity index (χ0v) is 19.0. The predicted molar refractivity (Wildman–Crippen MR) is 111 cm³/mol. The summed E-state index contributed by atoms with van der Waals surface area (Å²) in [4.78, 5) is 23.6. The van der Waals surface area contributed by atoms with Crippen molar-refractivity contribution in [3.8, 4) is 0 Å². The second-order valence-electron chi connectivity index (χ2n) is 10.6. The van der Waals surface area contributed by atoms with E-state index in [1.165, 1.54) is 13.8 Å². The van der Waals surface area contributed by atoms with Gasteiger partial charge in [0.2, 0.25) is 0 Å². The fourth-order valence-electron chi connectivity index (χ4n) is 7.26. The molecule has 5 nitrogen and oxygen atoms in total. The van der Waals surface area contributed by atoms with Crippen LogP contribution in [0.3, 0.4) is 0 Å². The lowest BCUT2D eigenvalue weighted by Gasteiger charge is -2.66. The Morgan fingerprint density at radius 1 is 1.10 bits per heavy atom. The maximum absolute atomic E-state index is 12.1. The van der Waals surface area contributed by atoms with Gasteiger partial charge in [0.1, 0.15) is 6.10 Å². The predicted octanol–water partition coefficient (Wildman–Crippen LogP) is 4.83. The van der Waals surface area contributed by atoms with Crippen LogP contribution < -0.4 is 0 Å². The second-order valence-corrected chi connectivity index (χ2v) is 10.6. The van der Waals surface area contributed by atoms with Crippen LogP contribution in [0.4, 0.5) is 0 Å². The second kappa shape index (κ2) is 7.40. The molecule has 0 N–H and O–H groups in total. The SMILES string of the molecule is C=C[C@]1(C)CC[C@@H]2[C@]3(C)CCC[C@](C)(COC(C)=O)[C@@H]3[C@H](OC(C)=O)C[C@]2(C)O1. The molecule has 29 heavy (non-hydrogen) atoms. The molecule has 1 saturated heterocycles. The van der Waals surface area contributed by atoms with Gasteiger partial charge in [-0.05, 0) is 50.9 Å². The van der Waals surface area contributed by atoms with E-state index in [4.69, 9.17) is 14.2 Å². The minimum Gasteiger partial charge on any atom is -0.465 e. The Kier molecular flexibility index (Phi) is 5.70. The Hall–Kier alpha value is -1.36. The van der Waals surface area contributed by atoms with Crippen molar-refractivity contribution in [1.82, 2.24) is 0 Å². The molecule has 0 unspecified atom stereocenters. The minimum absolute atomic E-state index is 0.0528. The van der Waals surface area contributed by atoms with Crippen LogP contribution in [0.15, 0.2) is 12.7 Å². The number of rotatable bonds is 4. The van der Waals surface area contributed by atoms with Crippen LogP contribution in [0.1, 0.15) is 80.1 Å². The van der Waals surface area contributed by atoms with Gasteiger partial charge in [-0.1, -0.05) is 26.3 Å². The summed E-state index contributed by atoms with van der Waals surface area (Å²) in [7, 11) is 0. The van der Waals surface area contributed by atoms with E-state index in [2.05, 4.69) is 34.3 Å². The molecule has 1 aliphatic heterocycles. The molecular formula is C24H38O5. The average molecular weight is 407 g/mol. The Balaban J connectivity index is 2.03. The lowest BCUT2D eigenvalue weighted by molar-refractivity contribution is -0.284. The molecule has 3 rings (SSSR count). The maximum Gasteiger partial charge on any atom is 0.302 e. The van der Waals surface area contributed by atoms with E-state index < -0.39 is 0 Å². The highest BCUT2D eigenvalue weighted by Gasteiger charge is 2.66. The van der Waals surface area contributed by atoms with Gasteiger partial charge in [-0.2, -0.15) is 0 Å². The first kappa shape index (κ1) is 22.3. The molecule has 3 fully saturated rings. The molecule has 7 atom stereocenters. The molecule has 0 amide bonds. The first-order valence-corrected chi connectivity index (χ1v) is 11.0. The molecule has 3 aliphatic rings. The molecule has 5 heteroatoms. The third-order valence-electron chi connectivity index (χ3n) is 8.19. The van der Waals surface area contributed by atoms with Crippen LogP contribution in [0.25, 0.3) is 0 Å². The van der Waals surface area contributed by atoms with Crippen LogP contribution in [0.2, 0.25) is 0 Å². The molecule has 2 saturated carbocycles. The van der Waals surface area contributed by atoms with Gasteiger partial charge in [0.05, 0.1) is 17.8 Å². The van der Waals surface area contributed by atoms with Gasteiger partial charge in [-0.3, -0.25) is 9.59 Å². The van der Waals surface area contributed by atoms with E-state index in [-0.39, 0.29) is 46.0 Å². The molecular weight excluding hydrogens is 368 g/mol. The zero-order chi connectivity index (χ0) is 21.7. The summed E-state index contributed by atoms with van der Waals surface area (Å²) in [6.07, 6.45) is 7.42. The Labute approximate surface area is 175 Å². The lowest BCUT2D eigenvalue weighted by Crippen LogP contribution is -2.68. The standard InChI is InChI=1S/C24H38O5/c1-8-22(5)13-10-19-23(6)12-9-11-21(4,15-27-16(2)25)20(23)18(28-17(3)26)14-24(19,7)29-22/h8,18-20H,1,9-15H2,2-7H3/t18-,19-,20+,21-,22-,23+,24+/m1/s1. The highest BCUT2D eigenvalue weighted by atomic mass is 16.6. The van der Waals surface area contributed by atoms with Crippen LogP contribution in [-0.2, 0) is 23.8 Å². The van der Waals surface area contributed by atoms with Crippen molar-refractivity contribution in [1.29, 1.82) is 0 Å². The molecule has 164 valence electrons. The Morgan fingerprint density at radius 3 is 2.38 bits per heavy atom. The number of carbonyl (C=O) groups excluding carboxylic acids is 2. The summed E-state index contributed by atoms with van der Waals surface area (Å²) in [5.41, 5.74) is -1.01. The summed E-state index contributed by atoms with van der Waals surface area (Å²) in [5, 5.41) is 0. The summed E-state index contributed by atoms with van der Waals surface area (Å²) in [6, 6.07) is 0. The molecule has 0 aromatic heterocycles. The number of carbonyl (C=O) groups is 2. The molecule has 0 aromatic rings. The van der Waals surface area contributed by atoms with Crippen molar-refractivity contribution in [2.24, 2.45) is 22.7 Å². The Morgan fingerprint density at radius 2 is 1.79 bits per heavy atom. The van der Waals surface area contributed by atoms with Crippen LogP contribution in [-0.4, -0.2) is 35.9 Å². The van der Waals surface area contributed by atoms with Crippen molar-refractivity contribution in [3.05, 3.63) is 12.7 Å². The number of esters is 2. The van der Waals surface area contributed by atoms with E-state index in [0.29, 0.717) is 18.9 Å². The smallest absolute Gasteiger partial charge is 0.302 e. The van der Waals surface area contributed by atoms with Crippen molar-refractivity contribution in [2.45, 2.75) is 97.4 Å². The topological polar surface area (TPSA) is 61.8 Å². The highest BCUT2D eigenvalue weighted by molar-refractivity contribution is 5.66. The highest BCUT2D eigenvalue weighted by Crippen LogP contribution is 2.66. The quantitative estimate of drug-likeness (QED) is 0.494. The van der Waals surface area contributed by atoms with Gasteiger partial charge in [0, 0.05) is 31.6 Å². The normalized spacial score (nSPS) is 46.8. The molecule has 2 aliphatic carbocycles. The van der Waals surface area contributed by atoms with Gasteiger partial charge >= 0.3 is 11.9 Å². The van der Waals surface area contributed by atoms with Crippen molar-refractivity contribution < 1.29 is 23.8 Å². The maximum atomic E-state index is 12.1. The first-order chi connectivity index (χ1) is 13.4. The first-order valence-electron chi connectivity index (χ1n) is 11.0. The summed E-state index contributed by atoms with van der Waals surface area (Å²) < 4.78 is 18.2. The van der Waals surface area contributed by atoms with Gasteiger partial charge in [-0.15, -0.1) is 6.58 Å². The molecule has 0 radical (unpaired) electrons. The van der Waals surface area contributed by atoms with Gasteiger partial charge in [0.15, 0.2) is 0 Å². The number of fused-ring (bicyclic) bond motifs is 3. The van der Waals surface area contributed by atoms with Gasteiger partial charge in [0.25, 0.3) is 0 Å². The minimum atomic E-state index is -0.383. The average Bonchev–Trinajstić information content (AvgIpc) is 2.58. The summed E-state index contributed by atoms with van der Waals surface area (Å²) >= 11 is 0. The summed E-state index contributed by atoms with van der Waals surface area (Å²) in [5.74, 6) is -0.0356. The van der Waals surface area contributed by atoms with E-state index >= 15 is 0 Å². The molecule has 0 spiro atoms.